The molecular formula is C16H16N6O. The third-order valence-corrected chi connectivity index (χ3v) is 3.19. The number of nitrogens with zero attached hydrogens (tertiary/aromatic N) is 3. The molecule has 1 aromatic carbocycles. The second kappa shape index (κ2) is 6.69. The lowest BCUT2D eigenvalue weighted by Gasteiger charge is -2.10. The number of anilines is 3. The SMILES string of the molecule is CCNC(=O)Nc1cc2cccc(Nc3ccncn3)c2cn1. The van der Waals surface area contributed by atoms with E-state index in [2.05, 4.69) is 30.9 Å². The van der Waals surface area contributed by atoms with Gasteiger partial charge < -0.3 is 10.6 Å². The normalized spacial score (nSPS) is 10.3. The zero-order valence-electron chi connectivity index (χ0n) is 12.6. The maximum Gasteiger partial charge on any atom is 0.320 e. The lowest BCUT2D eigenvalue weighted by molar-refractivity contribution is 0.252. The molecule has 0 atom stereocenters. The molecule has 116 valence electrons. The van der Waals surface area contributed by atoms with E-state index in [-0.39, 0.29) is 6.03 Å². The lowest BCUT2D eigenvalue weighted by atomic mass is 10.1. The fourth-order valence-corrected chi connectivity index (χ4v) is 2.17. The summed E-state index contributed by atoms with van der Waals surface area (Å²) < 4.78 is 0. The number of hydrogen-bond donors (Lipinski definition) is 3. The smallest absolute Gasteiger partial charge is 0.320 e. The summed E-state index contributed by atoms with van der Waals surface area (Å²) in [7, 11) is 0. The highest BCUT2D eigenvalue weighted by Crippen LogP contribution is 2.26. The van der Waals surface area contributed by atoms with E-state index in [1.165, 1.54) is 6.33 Å². The van der Waals surface area contributed by atoms with Crippen LogP contribution in [0.4, 0.5) is 22.1 Å². The standard InChI is InChI=1S/C16H16N6O/c1-2-18-16(23)22-15-8-11-4-3-5-13(12(11)9-19-15)21-14-6-7-17-10-20-14/h3-10H,2H2,1H3,(H,17,20,21)(H2,18,19,22,23). The maximum absolute atomic E-state index is 11.6. The van der Waals surface area contributed by atoms with E-state index in [0.717, 1.165) is 16.5 Å². The number of amides is 2. The van der Waals surface area contributed by atoms with Crippen LogP contribution >= 0.6 is 0 Å². The van der Waals surface area contributed by atoms with Gasteiger partial charge in [0.2, 0.25) is 0 Å². The summed E-state index contributed by atoms with van der Waals surface area (Å²) in [6.07, 6.45) is 4.88. The fraction of sp³-hybridized carbons (Fsp3) is 0.125. The monoisotopic (exact) mass is 308 g/mol. The Bertz CT molecular complexity index is 821. The maximum atomic E-state index is 11.6. The Morgan fingerprint density at radius 2 is 2.09 bits per heavy atom. The van der Waals surface area contributed by atoms with E-state index in [4.69, 9.17) is 0 Å². The summed E-state index contributed by atoms with van der Waals surface area (Å²) in [6, 6.07) is 9.19. The average molecular weight is 308 g/mol. The Hall–Kier alpha value is -3.22. The summed E-state index contributed by atoms with van der Waals surface area (Å²) >= 11 is 0. The zero-order chi connectivity index (χ0) is 16.1. The van der Waals surface area contributed by atoms with E-state index in [1.54, 1.807) is 18.5 Å². The summed E-state index contributed by atoms with van der Waals surface area (Å²) in [4.78, 5) is 23.9. The van der Waals surface area contributed by atoms with Crippen molar-refractivity contribution in [2.45, 2.75) is 6.92 Å². The van der Waals surface area contributed by atoms with Crippen LogP contribution < -0.4 is 16.0 Å². The quantitative estimate of drug-likeness (QED) is 0.689. The van der Waals surface area contributed by atoms with Gasteiger partial charge in [-0.25, -0.2) is 19.7 Å². The second-order valence-electron chi connectivity index (χ2n) is 4.80. The van der Waals surface area contributed by atoms with Gasteiger partial charge in [-0.15, -0.1) is 0 Å². The molecular weight excluding hydrogens is 292 g/mol. The lowest BCUT2D eigenvalue weighted by Crippen LogP contribution is -2.28. The van der Waals surface area contributed by atoms with E-state index in [0.29, 0.717) is 18.2 Å². The molecule has 23 heavy (non-hydrogen) atoms. The van der Waals surface area contributed by atoms with Gasteiger partial charge in [-0.3, -0.25) is 5.32 Å². The minimum Gasteiger partial charge on any atom is -0.340 e. The summed E-state index contributed by atoms with van der Waals surface area (Å²) in [5.41, 5.74) is 0.887. The Kier molecular flexibility index (Phi) is 4.28. The molecule has 3 aromatic rings. The third-order valence-electron chi connectivity index (χ3n) is 3.19. The van der Waals surface area contributed by atoms with E-state index in [9.17, 15) is 4.79 Å². The van der Waals surface area contributed by atoms with Gasteiger partial charge in [0.1, 0.15) is 18.0 Å². The van der Waals surface area contributed by atoms with Crippen LogP contribution in [0.1, 0.15) is 6.92 Å². The molecule has 0 saturated carbocycles. The van der Waals surface area contributed by atoms with Gasteiger partial charge in [0.25, 0.3) is 0 Å². The van der Waals surface area contributed by atoms with Crippen LogP contribution in [0, 0.1) is 0 Å². The minimum absolute atomic E-state index is 0.269. The van der Waals surface area contributed by atoms with Crippen LogP contribution in [-0.2, 0) is 0 Å². The molecule has 0 aliphatic heterocycles. The predicted molar refractivity (Wildman–Crippen MR) is 89.8 cm³/mol. The van der Waals surface area contributed by atoms with Crippen LogP contribution in [-0.4, -0.2) is 27.5 Å². The first-order valence-electron chi connectivity index (χ1n) is 7.23. The first kappa shape index (κ1) is 14.7. The number of rotatable bonds is 4. The third kappa shape index (κ3) is 3.52. The van der Waals surface area contributed by atoms with Crippen molar-refractivity contribution in [2.75, 3.05) is 17.2 Å². The number of pyridine rings is 1. The second-order valence-corrected chi connectivity index (χ2v) is 4.80. The zero-order valence-corrected chi connectivity index (χ0v) is 12.6. The van der Waals surface area contributed by atoms with Crippen LogP contribution in [0.15, 0.2) is 49.1 Å². The molecule has 0 aliphatic carbocycles. The number of nitrogens with one attached hydrogen (secondary N) is 3. The summed E-state index contributed by atoms with van der Waals surface area (Å²) in [6.45, 7) is 2.42. The molecule has 0 bridgehead atoms. The minimum atomic E-state index is -0.269. The van der Waals surface area contributed by atoms with Crippen molar-refractivity contribution in [1.82, 2.24) is 20.3 Å². The molecule has 0 saturated heterocycles. The van der Waals surface area contributed by atoms with Crippen LogP contribution in [0.5, 0.6) is 0 Å². The molecule has 2 heterocycles. The van der Waals surface area contributed by atoms with Crippen molar-refractivity contribution >= 4 is 34.1 Å². The first-order valence-corrected chi connectivity index (χ1v) is 7.23. The van der Waals surface area contributed by atoms with Crippen molar-refractivity contribution in [2.24, 2.45) is 0 Å². The molecule has 7 heteroatoms. The molecule has 3 N–H and O–H groups in total. The molecule has 0 unspecified atom stereocenters. The van der Waals surface area contributed by atoms with Gasteiger partial charge in [0.15, 0.2) is 0 Å². The Morgan fingerprint density at radius 1 is 1.17 bits per heavy atom. The molecule has 2 amide bonds. The summed E-state index contributed by atoms with van der Waals surface area (Å²) in [5.74, 6) is 1.21. The molecule has 2 aromatic heterocycles. The van der Waals surface area contributed by atoms with Crippen molar-refractivity contribution in [3.63, 3.8) is 0 Å². The molecule has 7 nitrogen and oxygen atoms in total. The average Bonchev–Trinajstić information content (AvgIpc) is 2.56. The molecule has 0 spiro atoms. The number of aromatic nitrogens is 3. The highest BCUT2D eigenvalue weighted by Gasteiger charge is 2.06. The molecule has 0 radical (unpaired) electrons. The van der Waals surface area contributed by atoms with Crippen molar-refractivity contribution < 1.29 is 4.79 Å². The van der Waals surface area contributed by atoms with Gasteiger partial charge in [-0.1, -0.05) is 12.1 Å². The Balaban J connectivity index is 1.88. The van der Waals surface area contributed by atoms with Gasteiger partial charge in [0.05, 0.1) is 0 Å². The fourth-order valence-electron chi connectivity index (χ4n) is 2.17. The van der Waals surface area contributed by atoms with Crippen molar-refractivity contribution in [3.05, 3.63) is 49.1 Å². The van der Waals surface area contributed by atoms with Gasteiger partial charge in [-0.05, 0) is 30.5 Å². The van der Waals surface area contributed by atoms with Crippen molar-refractivity contribution in [1.29, 1.82) is 0 Å². The van der Waals surface area contributed by atoms with Gasteiger partial charge in [-0.2, -0.15) is 0 Å². The van der Waals surface area contributed by atoms with Gasteiger partial charge >= 0.3 is 6.03 Å². The Labute approximate surface area is 133 Å². The topological polar surface area (TPSA) is 91.8 Å². The number of carbonyl (C=O) groups excluding carboxylic acids is 1. The number of urea groups is 1. The Morgan fingerprint density at radius 3 is 2.87 bits per heavy atom. The summed E-state index contributed by atoms with van der Waals surface area (Å²) in [5, 5.41) is 10.5. The molecule has 3 rings (SSSR count). The number of fused-ring (bicyclic) bond motifs is 1. The highest BCUT2D eigenvalue weighted by atomic mass is 16.2. The van der Waals surface area contributed by atoms with E-state index >= 15 is 0 Å². The molecule has 0 aliphatic rings. The van der Waals surface area contributed by atoms with E-state index < -0.39 is 0 Å². The van der Waals surface area contributed by atoms with Crippen LogP contribution in [0.25, 0.3) is 10.8 Å². The van der Waals surface area contributed by atoms with E-state index in [1.807, 2.05) is 31.2 Å². The van der Waals surface area contributed by atoms with Gasteiger partial charge in [0, 0.05) is 30.0 Å². The van der Waals surface area contributed by atoms with Crippen LogP contribution in [0.2, 0.25) is 0 Å². The predicted octanol–water partition coefficient (Wildman–Crippen LogP) is 2.91. The van der Waals surface area contributed by atoms with Crippen LogP contribution in [0.3, 0.4) is 0 Å². The number of benzene rings is 1. The number of hydrogen-bond acceptors (Lipinski definition) is 5. The first-order chi connectivity index (χ1) is 11.3. The van der Waals surface area contributed by atoms with Crippen molar-refractivity contribution in [3.8, 4) is 0 Å². The number of carbonyl (C=O) groups is 1. The largest absolute Gasteiger partial charge is 0.340 e. The highest BCUT2D eigenvalue weighted by molar-refractivity contribution is 5.97. The molecule has 0 fully saturated rings.